The Bertz CT molecular complexity index is 1000. The molecule has 1 aromatic heterocycles. The average Bonchev–Trinajstić information content (AvgIpc) is 3.27. The van der Waals surface area contributed by atoms with Crippen molar-refractivity contribution in [3.63, 3.8) is 0 Å². The van der Waals surface area contributed by atoms with Gasteiger partial charge in [0, 0.05) is 50.7 Å². The summed E-state index contributed by atoms with van der Waals surface area (Å²) in [7, 11) is 0. The Labute approximate surface area is 220 Å². The summed E-state index contributed by atoms with van der Waals surface area (Å²) in [6.45, 7) is 8.76. The minimum Gasteiger partial charge on any atom is -0.357 e. The molecular weight excluding hydrogens is 535 g/mol. The first-order valence-electron chi connectivity index (χ1n) is 12.1. The molecule has 1 aliphatic heterocycles. The van der Waals surface area contributed by atoms with Crippen LogP contribution in [0.4, 0.5) is 0 Å². The van der Waals surface area contributed by atoms with Gasteiger partial charge in [0.25, 0.3) is 0 Å². The van der Waals surface area contributed by atoms with Gasteiger partial charge in [0.1, 0.15) is 12.4 Å². The maximum Gasteiger partial charge on any atom is 0.191 e. The van der Waals surface area contributed by atoms with E-state index in [1.165, 1.54) is 11.1 Å². The van der Waals surface area contributed by atoms with Crippen molar-refractivity contribution in [1.29, 1.82) is 0 Å². The maximum atomic E-state index is 4.86. The molecule has 0 radical (unpaired) electrons. The molecule has 0 amide bonds. The Kier molecular flexibility index (Phi) is 10.4. The lowest BCUT2D eigenvalue weighted by molar-refractivity contribution is 0.134. The minimum atomic E-state index is 0. The molecule has 2 aromatic carbocycles. The SMILES string of the molecule is CCNC(=NCc1nccn1Cc1ccccc1)NC1CCN(Cc2ccccc2)C(C)C1.I. The number of hydrogen-bond donors (Lipinski definition) is 2. The van der Waals surface area contributed by atoms with Crippen molar-refractivity contribution in [1.82, 2.24) is 25.1 Å². The Hall–Kier alpha value is -2.39. The fourth-order valence-corrected chi connectivity index (χ4v) is 4.48. The molecule has 34 heavy (non-hydrogen) atoms. The molecule has 2 heterocycles. The van der Waals surface area contributed by atoms with Crippen LogP contribution in [0, 0.1) is 0 Å². The number of nitrogens with zero attached hydrogens (tertiary/aromatic N) is 4. The van der Waals surface area contributed by atoms with E-state index < -0.39 is 0 Å². The van der Waals surface area contributed by atoms with Crippen molar-refractivity contribution in [2.24, 2.45) is 4.99 Å². The Balaban J connectivity index is 0.00000324. The van der Waals surface area contributed by atoms with E-state index in [0.717, 1.165) is 50.8 Å². The Morgan fingerprint density at radius 1 is 1.03 bits per heavy atom. The summed E-state index contributed by atoms with van der Waals surface area (Å²) in [5.74, 6) is 1.85. The molecule has 2 unspecified atom stereocenters. The van der Waals surface area contributed by atoms with E-state index in [2.05, 4.69) is 93.5 Å². The smallest absolute Gasteiger partial charge is 0.191 e. The number of likely N-dealkylation sites (tertiary alicyclic amines) is 1. The highest BCUT2D eigenvalue weighted by Gasteiger charge is 2.26. The zero-order chi connectivity index (χ0) is 22.9. The molecule has 2 N–H and O–H groups in total. The predicted molar refractivity (Wildman–Crippen MR) is 150 cm³/mol. The fraction of sp³-hybridized carbons (Fsp3) is 0.407. The lowest BCUT2D eigenvalue weighted by Crippen LogP contribution is -2.51. The standard InChI is InChI=1S/C27H36N6.HI/c1-3-28-27(30-19-26-29-15-17-33(26)21-24-12-8-5-9-13-24)31-25-14-16-32(22(2)18-25)20-23-10-6-4-7-11-23;/h4-13,15,17,22,25H,3,14,16,18-21H2,1-2H3,(H2,28,30,31);1H. The van der Waals surface area contributed by atoms with Gasteiger partial charge in [0.15, 0.2) is 5.96 Å². The van der Waals surface area contributed by atoms with Crippen LogP contribution in [0.2, 0.25) is 0 Å². The van der Waals surface area contributed by atoms with Gasteiger partial charge in [-0.3, -0.25) is 4.90 Å². The van der Waals surface area contributed by atoms with E-state index >= 15 is 0 Å². The molecule has 0 saturated carbocycles. The second-order valence-electron chi connectivity index (χ2n) is 8.82. The van der Waals surface area contributed by atoms with Gasteiger partial charge in [-0.2, -0.15) is 0 Å². The number of nitrogens with one attached hydrogen (secondary N) is 2. The van der Waals surface area contributed by atoms with Gasteiger partial charge in [-0.15, -0.1) is 24.0 Å². The summed E-state index contributed by atoms with van der Waals surface area (Å²) in [6, 6.07) is 22.2. The normalized spacial score (nSPS) is 18.8. The summed E-state index contributed by atoms with van der Waals surface area (Å²) < 4.78 is 2.17. The number of aromatic nitrogens is 2. The van der Waals surface area contributed by atoms with Crippen molar-refractivity contribution in [2.45, 2.75) is 58.4 Å². The molecule has 182 valence electrons. The van der Waals surface area contributed by atoms with E-state index in [4.69, 9.17) is 4.99 Å². The number of imidazole rings is 1. The number of hydrogen-bond acceptors (Lipinski definition) is 3. The summed E-state index contributed by atoms with van der Waals surface area (Å²) in [5, 5.41) is 7.09. The third-order valence-electron chi connectivity index (χ3n) is 6.30. The van der Waals surface area contributed by atoms with Crippen LogP contribution in [0.3, 0.4) is 0 Å². The molecule has 0 aliphatic carbocycles. The highest BCUT2D eigenvalue weighted by Crippen LogP contribution is 2.20. The highest BCUT2D eigenvalue weighted by atomic mass is 127. The highest BCUT2D eigenvalue weighted by molar-refractivity contribution is 14.0. The first-order chi connectivity index (χ1) is 16.2. The van der Waals surface area contributed by atoms with E-state index in [9.17, 15) is 0 Å². The molecule has 3 aromatic rings. The summed E-state index contributed by atoms with van der Waals surface area (Å²) in [5.41, 5.74) is 2.65. The summed E-state index contributed by atoms with van der Waals surface area (Å²) in [4.78, 5) is 12.0. The van der Waals surface area contributed by atoms with Gasteiger partial charge in [-0.1, -0.05) is 60.7 Å². The fourth-order valence-electron chi connectivity index (χ4n) is 4.48. The molecule has 0 bridgehead atoms. The first-order valence-corrected chi connectivity index (χ1v) is 12.1. The number of aliphatic imine (C=N–C) groups is 1. The summed E-state index contributed by atoms with van der Waals surface area (Å²) >= 11 is 0. The molecule has 1 saturated heterocycles. The van der Waals surface area contributed by atoms with Crippen LogP contribution in [0.1, 0.15) is 43.6 Å². The lowest BCUT2D eigenvalue weighted by atomic mass is 9.97. The van der Waals surface area contributed by atoms with Crippen LogP contribution >= 0.6 is 24.0 Å². The molecule has 4 rings (SSSR count). The maximum absolute atomic E-state index is 4.86. The number of guanidine groups is 1. The van der Waals surface area contributed by atoms with Crippen LogP contribution < -0.4 is 10.6 Å². The van der Waals surface area contributed by atoms with Crippen LogP contribution in [0.5, 0.6) is 0 Å². The Morgan fingerprint density at radius 3 is 2.35 bits per heavy atom. The number of halogens is 1. The third-order valence-corrected chi connectivity index (χ3v) is 6.30. The topological polar surface area (TPSA) is 57.5 Å². The number of piperidine rings is 1. The van der Waals surface area contributed by atoms with Crippen molar-refractivity contribution in [3.8, 4) is 0 Å². The van der Waals surface area contributed by atoms with Gasteiger partial charge in [-0.05, 0) is 37.8 Å². The average molecular weight is 573 g/mol. The lowest BCUT2D eigenvalue weighted by Gasteiger charge is -2.38. The Morgan fingerprint density at radius 2 is 1.71 bits per heavy atom. The predicted octanol–water partition coefficient (Wildman–Crippen LogP) is 4.66. The van der Waals surface area contributed by atoms with Crippen molar-refractivity contribution in [2.75, 3.05) is 13.1 Å². The quantitative estimate of drug-likeness (QED) is 0.234. The van der Waals surface area contributed by atoms with Crippen LogP contribution in [-0.4, -0.2) is 45.6 Å². The van der Waals surface area contributed by atoms with Gasteiger partial charge >= 0.3 is 0 Å². The van der Waals surface area contributed by atoms with Gasteiger partial charge in [-0.25, -0.2) is 9.98 Å². The van der Waals surface area contributed by atoms with Gasteiger partial charge in [0.05, 0.1) is 0 Å². The molecule has 1 fully saturated rings. The molecule has 0 spiro atoms. The number of benzene rings is 2. The molecule has 7 heteroatoms. The van der Waals surface area contributed by atoms with E-state index in [1.54, 1.807) is 0 Å². The van der Waals surface area contributed by atoms with Crippen molar-refractivity contribution >= 4 is 29.9 Å². The molecular formula is C27H37IN6. The van der Waals surface area contributed by atoms with E-state index in [1.807, 2.05) is 18.5 Å². The molecule has 1 aliphatic rings. The first kappa shape index (κ1) is 26.2. The zero-order valence-corrected chi connectivity index (χ0v) is 22.6. The second kappa shape index (κ2) is 13.5. The number of rotatable bonds is 8. The second-order valence-corrected chi connectivity index (χ2v) is 8.82. The van der Waals surface area contributed by atoms with Crippen molar-refractivity contribution < 1.29 is 0 Å². The van der Waals surface area contributed by atoms with Crippen LogP contribution in [0.15, 0.2) is 78.0 Å². The van der Waals surface area contributed by atoms with Crippen LogP contribution in [0.25, 0.3) is 0 Å². The van der Waals surface area contributed by atoms with Gasteiger partial charge < -0.3 is 15.2 Å². The van der Waals surface area contributed by atoms with Crippen LogP contribution in [-0.2, 0) is 19.6 Å². The van der Waals surface area contributed by atoms with E-state index in [-0.39, 0.29) is 24.0 Å². The third kappa shape index (κ3) is 7.56. The molecule has 6 nitrogen and oxygen atoms in total. The molecule has 2 atom stereocenters. The minimum absolute atomic E-state index is 0. The summed E-state index contributed by atoms with van der Waals surface area (Å²) in [6.07, 6.45) is 6.12. The zero-order valence-electron chi connectivity index (χ0n) is 20.2. The van der Waals surface area contributed by atoms with Crippen molar-refractivity contribution in [3.05, 3.63) is 90.0 Å². The van der Waals surface area contributed by atoms with Gasteiger partial charge in [0.2, 0.25) is 0 Å². The largest absolute Gasteiger partial charge is 0.357 e. The van der Waals surface area contributed by atoms with E-state index in [0.29, 0.717) is 18.6 Å². The monoisotopic (exact) mass is 572 g/mol.